The van der Waals surface area contributed by atoms with Crippen molar-refractivity contribution in [1.29, 1.82) is 0 Å². The first-order valence-corrected chi connectivity index (χ1v) is 11.1. The van der Waals surface area contributed by atoms with E-state index in [9.17, 15) is 8.42 Å². The quantitative estimate of drug-likeness (QED) is 0.437. The van der Waals surface area contributed by atoms with Crippen molar-refractivity contribution in [2.45, 2.75) is 4.21 Å². The Hall–Kier alpha value is -2.88. The van der Waals surface area contributed by atoms with Crippen LogP contribution in [0.4, 0.5) is 17.3 Å². The Kier molecular flexibility index (Phi) is 5.27. The van der Waals surface area contributed by atoms with Crippen molar-refractivity contribution >= 4 is 61.3 Å². The van der Waals surface area contributed by atoms with E-state index in [0.29, 0.717) is 26.8 Å². The number of sulfonamides is 1. The number of methoxy groups -OCH3 is 1. The number of aromatic nitrogens is 2. The number of fused-ring (bicyclic) bond motifs is 1. The van der Waals surface area contributed by atoms with E-state index in [1.165, 1.54) is 12.1 Å². The summed E-state index contributed by atoms with van der Waals surface area (Å²) in [6, 6.07) is 17.4. The molecule has 0 fully saturated rings. The molecule has 0 radical (unpaired) electrons. The van der Waals surface area contributed by atoms with Crippen molar-refractivity contribution in [2.75, 3.05) is 17.1 Å². The topological polar surface area (TPSA) is 93.2 Å². The van der Waals surface area contributed by atoms with Gasteiger partial charge in [0.1, 0.15) is 9.96 Å². The number of ether oxygens (including phenoxy) is 1. The van der Waals surface area contributed by atoms with E-state index in [1.807, 2.05) is 12.1 Å². The molecule has 29 heavy (non-hydrogen) atoms. The minimum atomic E-state index is -3.87. The molecule has 0 aliphatic rings. The van der Waals surface area contributed by atoms with Crippen LogP contribution in [-0.4, -0.2) is 25.5 Å². The van der Waals surface area contributed by atoms with E-state index in [2.05, 4.69) is 20.0 Å². The standard InChI is InChI=1S/C19H15ClN4O3S2/c1-27-13-8-6-12(7-9-13)21-18-19(23-15-5-3-2-4-14(15)22-18)24-29(25,26)17-11-10-16(20)28-17/h2-11H,1H3,(H,21,22)(H,23,24). The Morgan fingerprint density at radius 1 is 0.931 bits per heavy atom. The molecule has 10 heteroatoms. The molecular weight excluding hydrogens is 432 g/mol. The number of halogens is 1. The van der Waals surface area contributed by atoms with Crippen LogP contribution in [0.25, 0.3) is 11.0 Å². The molecule has 0 aliphatic heterocycles. The highest BCUT2D eigenvalue weighted by atomic mass is 35.5. The molecule has 2 aromatic heterocycles. The molecule has 0 saturated carbocycles. The minimum Gasteiger partial charge on any atom is -0.497 e. The lowest BCUT2D eigenvalue weighted by molar-refractivity contribution is 0.415. The van der Waals surface area contributed by atoms with Gasteiger partial charge in [-0.15, -0.1) is 11.3 Å². The fraction of sp³-hybridized carbons (Fsp3) is 0.0526. The van der Waals surface area contributed by atoms with Crippen LogP contribution in [0, 0.1) is 0 Å². The number of nitrogens with one attached hydrogen (secondary N) is 2. The lowest BCUT2D eigenvalue weighted by Crippen LogP contribution is -2.15. The SMILES string of the molecule is COc1ccc(Nc2nc3ccccc3nc2NS(=O)(=O)c2ccc(Cl)s2)cc1. The number of hydrogen-bond donors (Lipinski definition) is 2. The van der Waals surface area contributed by atoms with Gasteiger partial charge in [-0.25, -0.2) is 18.4 Å². The fourth-order valence-corrected chi connectivity index (χ4v) is 5.08. The maximum Gasteiger partial charge on any atom is 0.272 e. The largest absolute Gasteiger partial charge is 0.497 e. The first-order valence-electron chi connectivity index (χ1n) is 8.41. The van der Waals surface area contributed by atoms with Crippen molar-refractivity contribution in [2.24, 2.45) is 0 Å². The van der Waals surface area contributed by atoms with Gasteiger partial charge in [0.2, 0.25) is 0 Å². The number of anilines is 3. The maximum absolute atomic E-state index is 12.8. The Labute approximate surface area is 176 Å². The molecule has 4 rings (SSSR count). The molecule has 0 unspecified atom stereocenters. The second-order valence-electron chi connectivity index (χ2n) is 5.93. The predicted octanol–water partition coefficient (Wildman–Crippen LogP) is 4.90. The summed E-state index contributed by atoms with van der Waals surface area (Å²) in [6.45, 7) is 0. The Bertz CT molecular complexity index is 1270. The Balaban J connectivity index is 1.75. The third-order valence-corrected chi connectivity index (χ3v) is 7.03. The van der Waals surface area contributed by atoms with Crippen molar-refractivity contribution in [1.82, 2.24) is 9.97 Å². The van der Waals surface area contributed by atoms with Gasteiger partial charge in [-0.2, -0.15) is 0 Å². The van der Waals surface area contributed by atoms with Gasteiger partial charge < -0.3 is 10.1 Å². The summed E-state index contributed by atoms with van der Waals surface area (Å²) < 4.78 is 33.7. The van der Waals surface area contributed by atoms with Crippen LogP contribution in [0.2, 0.25) is 4.34 Å². The number of thiophene rings is 1. The Morgan fingerprint density at radius 2 is 1.59 bits per heavy atom. The number of para-hydroxylation sites is 2. The lowest BCUT2D eigenvalue weighted by atomic mass is 10.3. The zero-order chi connectivity index (χ0) is 20.4. The molecule has 2 N–H and O–H groups in total. The highest BCUT2D eigenvalue weighted by Gasteiger charge is 2.21. The van der Waals surface area contributed by atoms with Gasteiger partial charge in [-0.1, -0.05) is 23.7 Å². The molecule has 0 saturated heterocycles. The van der Waals surface area contributed by atoms with Crippen LogP contribution in [0.15, 0.2) is 64.9 Å². The van der Waals surface area contributed by atoms with Gasteiger partial charge in [-0.05, 0) is 48.5 Å². The van der Waals surface area contributed by atoms with Gasteiger partial charge in [0.05, 0.1) is 22.5 Å². The average Bonchev–Trinajstić information content (AvgIpc) is 3.16. The molecule has 0 bridgehead atoms. The number of benzene rings is 2. The summed E-state index contributed by atoms with van der Waals surface area (Å²) in [5.74, 6) is 1.07. The molecule has 4 aromatic rings. The van der Waals surface area contributed by atoms with Crippen LogP contribution >= 0.6 is 22.9 Å². The van der Waals surface area contributed by atoms with Gasteiger partial charge >= 0.3 is 0 Å². The van der Waals surface area contributed by atoms with Crippen molar-refractivity contribution in [3.8, 4) is 5.75 Å². The van der Waals surface area contributed by atoms with E-state index >= 15 is 0 Å². The first kappa shape index (κ1) is 19.4. The van der Waals surface area contributed by atoms with Gasteiger partial charge in [0.25, 0.3) is 10.0 Å². The first-order chi connectivity index (χ1) is 13.9. The second kappa shape index (κ2) is 7.86. The summed E-state index contributed by atoms with van der Waals surface area (Å²) >= 11 is 6.85. The molecule has 148 valence electrons. The molecule has 7 nitrogen and oxygen atoms in total. The van der Waals surface area contributed by atoms with Crippen LogP contribution in [-0.2, 0) is 10.0 Å². The number of rotatable bonds is 6. The third kappa shape index (κ3) is 4.26. The summed E-state index contributed by atoms with van der Waals surface area (Å²) in [6.07, 6.45) is 0. The van der Waals surface area contributed by atoms with Crippen molar-refractivity contribution in [3.05, 3.63) is 65.0 Å². The molecule has 0 spiro atoms. The van der Waals surface area contributed by atoms with E-state index in [1.54, 1.807) is 43.5 Å². The van der Waals surface area contributed by atoms with Crippen LogP contribution in [0.5, 0.6) is 5.75 Å². The van der Waals surface area contributed by atoms with Crippen LogP contribution in [0.3, 0.4) is 0 Å². The molecule has 0 amide bonds. The molecule has 0 aliphatic carbocycles. The third-order valence-electron chi connectivity index (χ3n) is 3.97. The minimum absolute atomic E-state index is 0.0871. The predicted molar refractivity (Wildman–Crippen MR) is 116 cm³/mol. The monoisotopic (exact) mass is 446 g/mol. The Morgan fingerprint density at radius 3 is 2.17 bits per heavy atom. The molecule has 2 aromatic carbocycles. The zero-order valence-corrected chi connectivity index (χ0v) is 17.5. The normalized spacial score (nSPS) is 11.4. The van der Waals surface area contributed by atoms with Gasteiger partial charge in [0, 0.05) is 5.69 Å². The molecule has 0 atom stereocenters. The number of nitrogens with zero attached hydrogens (tertiary/aromatic N) is 2. The summed E-state index contributed by atoms with van der Waals surface area (Å²) in [5.41, 5.74) is 1.90. The maximum atomic E-state index is 12.8. The number of hydrogen-bond acceptors (Lipinski definition) is 7. The van der Waals surface area contributed by atoms with Gasteiger partial charge in [0.15, 0.2) is 11.6 Å². The zero-order valence-electron chi connectivity index (χ0n) is 15.1. The van der Waals surface area contributed by atoms with Crippen LogP contribution in [0.1, 0.15) is 0 Å². The smallest absolute Gasteiger partial charge is 0.272 e. The van der Waals surface area contributed by atoms with E-state index < -0.39 is 10.0 Å². The average molecular weight is 447 g/mol. The van der Waals surface area contributed by atoms with Crippen molar-refractivity contribution < 1.29 is 13.2 Å². The lowest BCUT2D eigenvalue weighted by Gasteiger charge is -2.13. The summed E-state index contributed by atoms with van der Waals surface area (Å²) in [4.78, 5) is 9.00. The summed E-state index contributed by atoms with van der Waals surface area (Å²) in [5, 5.41) is 3.12. The van der Waals surface area contributed by atoms with E-state index in [-0.39, 0.29) is 15.8 Å². The van der Waals surface area contributed by atoms with E-state index in [0.717, 1.165) is 11.3 Å². The molecule has 2 heterocycles. The second-order valence-corrected chi connectivity index (χ2v) is 9.55. The van der Waals surface area contributed by atoms with Gasteiger partial charge in [-0.3, -0.25) is 4.72 Å². The summed E-state index contributed by atoms with van der Waals surface area (Å²) in [7, 11) is -2.28. The highest BCUT2D eigenvalue weighted by molar-refractivity contribution is 7.94. The molecular formula is C19H15ClN4O3S2. The van der Waals surface area contributed by atoms with E-state index in [4.69, 9.17) is 16.3 Å². The fourth-order valence-electron chi connectivity index (χ4n) is 2.59. The van der Waals surface area contributed by atoms with Crippen LogP contribution < -0.4 is 14.8 Å². The highest BCUT2D eigenvalue weighted by Crippen LogP contribution is 2.30. The van der Waals surface area contributed by atoms with Crippen molar-refractivity contribution in [3.63, 3.8) is 0 Å².